The Morgan fingerprint density at radius 1 is 0.773 bits per heavy atom. The van der Waals surface area contributed by atoms with Crippen LogP contribution in [0.5, 0.6) is 34.5 Å². The smallest absolute Gasteiger partial charge is 0.361 e. The maximum atomic E-state index is 13.8. The van der Waals surface area contributed by atoms with Gasteiger partial charge in [0.05, 0.1) is 44.1 Å². The number of hydrogen-bond donors (Lipinski definition) is 1. The molecule has 6 aromatic rings. The summed E-state index contributed by atoms with van der Waals surface area (Å²) in [5.74, 6) is 2.12. The van der Waals surface area contributed by atoms with Gasteiger partial charge in [-0.15, -0.1) is 0 Å². The lowest BCUT2D eigenvalue weighted by molar-refractivity contribution is 0.230. The molecule has 0 bridgehead atoms. The quantitative estimate of drug-likeness (QED) is 0.172. The average molecular weight is 618 g/mol. The number of phenols is 1. The van der Waals surface area contributed by atoms with E-state index < -0.39 is 5.63 Å². The van der Waals surface area contributed by atoms with Crippen LogP contribution in [0.4, 0.5) is 0 Å². The van der Waals surface area contributed by atoms with Gasteiger partial charge in [-0.1, -0.05) is 11.6 Å². The monoisotopic (exact) mass is 617 g/mol. The summed E-state index contributed by atoms with van der Waals surface area (Å²) >= 11 is 6.91. The minimum Gasteiger partial charge on any atom is -0.504 e. The van der Waals surface area contributed by atoms with Gasteiger partial charge in [0.25, 0.3) is 0 Å². The van der Waals surface area contributed by atoms with E-state index in [1.807, 2.05) is 52.1 Å². The van der Waals surface area contributed by atoms with Crippen molar-refractivity contribution >= 4 is 49.8 Å². The minimum atomic E-state index is -0.561. The number of rotatable bonds is 8. The summed E-state index contributed by atoms with van der Waals surface area (Å²) in [6.07, 6.45) is 1.59. The van der Waals surface area contributed by atoms with Crippen LogP contribution < -0.4 is 29.3 Å². The third kappa shape index (κ3) is 4.68. The summed E-state index contributed by atoms with van der Waals surface area (Å²) in [6.45, 7) is 7.69. The van der Waals surface area contributed by atoms with Crippen LogP contribution in [-0.4, -0.2) is 43.0 Å². The third-order valence-electron chi connectivity index (χ3n) is 7.39. The van der Waals surface area contributed by atoms with Gasteiger partial charge in [0.2, 0.25) is 0 Å². The van der Waals surface area contributed by atoms with Gasteiger partial charge in [-0.05, 0) is 63.4 Å². The molecular formula is C34H32ClNO8. The lowest BCUT2D eigenvalue weighted by Gasteiger charge is -2.16. The predicted octanol–water partition coefficient (Wildman–Crippen LogP) is 7.98. The predicted molar refractivity (Wildman–Crippen MR) is 172 cm³/mol. The van der Waals surface area contributed by atoms with E-state index in [0.717, 1.165) is 10.8 Å². The summed E-state index contributed by atoms with van der Waals surface area (Å²) in [5.41, 5.74) is 1.77. The Morgan fingerprint density at radius 3 is 2.00 bits per heavy atom. The standard InChI is InChI=1S/C34H32ClNO8/c1-16(2)42-28-10-18-8-9-36-32(19(18)12-26(28)40-6)30(20-11-23(37)25(39-5)14-22(20)35)31-21-13-27(41-7)29(43-17(3)4)15-24(21)44-34(38)33(31)36/h8-17,37H,1-7H3. The number of halogens is 1. The number of methoxy groups -OCH3 is 3. The first kappa shape index (κ1) is 29.3. The second kappa shape index (κ2) is 11.1. The molecule has 0 saturated heterocycles. The number of ether oxygens (including phenoxy) is 5. The van der Waals surface area contributed by atoms with E-state index in [4.69, 9.17) is 39.7 Å². The molecule has 44 heavy (non-hydrogen) atoms. The lowest BCUT2D eigenvalue weighted by Crippen LogP contribution is -2.07. The van der Waals surface area contributed by atoms with Gasteiger partial charge >= 0.3 is 5.63 Å². The van der Waals surface area contributed by atoms with Crippen molar-refractivity contribution in [2.75, 3.05) is 21.3 Å². The van der Waals surface area contributed by atoms with E-state index in [2.05, 4.69) is 0 Å². The molecule has 1 N–H and O–H groups in total. The number of aromatic nitrogens is 1. The SMILES string of the molecule is COc1cc(Cl)c(-c2c3c4cc(OC)c(OC(C)C)cc4oc(=O)c3n3ccc4cc(OC(C)C)c(OC)cc4c23)cc1O. The molecule has 6 rings (SSSR count). The number of phenolic OH excluding ortho intramolecular Hbond substituents is 1. The fraction of sp³-hybridized carbons (Fsp3) is 0.265. The van der Waals surface area contributed by atoms with Crippen LogP contribution in [-0.2, 0) is 0 Å². The topological polar surface area (TPSA) is 101 Å². The van der Waals surface area contributed by atoms with E-state index in [1.165, 1.54) is 13.2 Å². The highest BCUT2D eigenvalue weighted by molar-refractivity contribution is 6.35. The highest BCUT2D eigenvalue weighted by atomic mass is 35.5. The van der Waals surface area contributed by atoms with E-state index in [1.54, 1.807) is 36.8 Å². The first-order valence-electron chi connectivity index (χ1n) is 14.1. The normalized spacial score (nSPS) is 11.8. The van der Waals surface area contributed by atoms with E-state index in [-0.39, 0.29) is 29.2 Å². The summed E-state index contributed by atoms with van der Waals surface area (Å²) in [6, 6.07) is 12.2. The molecule has 0 spiro atoms. The number of hydrogen-bond acceptors (Lipinski definition) is 8. The molecule has 3 aromatic carbocycles. The second-order valence-electron chi connectivity index (χ2n) is 10.9. The summed E-state index contributed by atoms with van der Waals surface area (Å²) < 4.78 is 36.5. The molecule has 0 aliphatic heterocycles. The molecular weight excluding hydrogens is 586 g/mol. The first-order valence-corrected chi connectivity index (χ1v) is 14.5. The molecule has 10 heteroatoms. The highest BCUT2D eigenvalue weighted by Gasteiger charge is 2.26. The number of benzene rings is 3. The van der Waals surface area contributed by atoms with Gasteiger partial charge < -0.3 is 37.6 Å². The maximum Gasteiger partial charge on any atom is 0.361 e. The van der Waals surface area contributed by atoms with Crippen LogP contribution in [0.15, 0.2) is 57.9 Å². The van der Waals surface area contributed by atoms with Crippen molar-refractivity contribution < 1.29 is 33.2 Å². The highest BCUT2D eigenvalue weighted by Crippen LogP contribution is 2.48. The summed E-state index contributed by atoms with van der Waals surface area (Å²) in [4.78, 5) is 13.8. The molecule has 0 radical (unpaired) electrons. The largest absolute Gasteiger partial charge is 0.504 e. The Bertz CT molecular complexity index is 2140. The number of pyridine rings is 1. The Labute approximate surface area is 258 Å². The van der Waals surface area contributed by atoms with Crippen molar-refractivity contribution in [3.05, 3.63) is 64.1 Å². The lowest BCUT2D eigenvalue weighted by atomic mass is 9.97. The Hall–Kier alpha value is -4.76. The Morgan fingerprint density at radius 2 is 1.39 bits per heavy atom. The van der Waals surface area contributed by atoms with Crippen molar-refractivity contribution in [1.29, 1.82) is 0 Å². The van der Waals surface area contributed by atoms with Crippen molar-refractivity contribution in [3.63, 3.8) is 0 Å². The van der Waals surface area contributed by atoms with Gasteiger partial charge in [-0.3, -0.25) is 0 Å². The Kier molecular flexibility index (Phi) is 7.37. The zero-order chi connectivity index (χ0) is 31.4. The van der Waals surface area contributed by atoms with Gasteiger partial charge in [0.1, 0.15) is 11.1 Å². The fourth-order valence-corrected chi connectivity index (χ4v) is 5.93. The molecule has 0 atom stereocenters. The summed E-state index contributed by atoms with van der Waals surface area (Å²) in [7, 11) is 4.58. The summed E-state index contributed by atoms with van der Waals surface area (Å²) in [5, 5.41) is 14.0. The van der Waals surface area contributed by atoms with Gasteiger partial charge in [-0.2, -0.15) is 0 Å². The van der Waals surface area contributed by atoms with Crippen LogP contribution in [0.25, 0.3) is 49.3 Å². The molecule has 0 saturated carbocycles. The van der Waals surface area contributed by atoms with Crippen molar-refractivity contribution in [2.45, 2.75) is 39.9 Å². The third-order valence-corrected chi connectivity index (χ3v) is 7.71. The van der Waals surface area contributed by atoms with Crippen molar-refractivity contribution in [1.82, 2.24) is 4.40 Å². The van der Waals surface area contributed by atoms with E-state index in [9.17, 15) is 9.90 Å². The number of aromatic hydroxyl groups is 1. The molecule has 0 aliphatic rings. The van der Waals surface area contributed by atoms with Crippen LogP contribution >= 0.6 is 11.6 Å². The molecule has 3 aromatic heterocycles. The molecule has 0 fully saturated rings. The molecule has 0 aliphatic carbocycles. The number of nitrogens with zero attached hydrogens (tertiary/aromatic N) is 1. The van der Waals surface area contributed by atoms with Gasteiger partial charge in [0, 0.05) is 45.6 Å². The van der Waals surface area contributed by atoms with Crippen molar-refractivity contribution in [3.8, 4) is 45.6 Å². The second-order valence-corrected chi connectivity index (χ2v) is 11.4. The van der Waals surface area contributed by atoms with Crippen LogP contribution in [0.3, 0.4) is 0 Å². The molecule has 0 unspecified atom stereocenters. The first-order chi connectivity index (χ1) is 21.1. The average Bonchev–Trinajstić information content (AvgIpc) is 3.33. The van der Waals surface area contributed by atoms with Crippen molar-refractivity contribution in [2.24, 2.45) is 0 Å². The van der Waals surface area contributed by atoms with Crippen LogP contribution in [0.1, 0.15) is 27.7 Å². The fourth-order valence-electron chi connectivity index (χ4n) is 5.68. The van der Waals surface area contributed by atoms with Gasteiger partial charge in [-0.25, -0.2) is 4.79 Å². The zero-order valence-corrected chi connectivity index (χ0v) is 26.2. The maximum absolute atomic E-state index is 13.8. The minimum absolute atomic E-state index is 0.0758. The molecule has 9 nitrogen and oxygen atoms in total. The van der Waals surface area contributed by atoms with E-state index in [0.29, 0.717) is 61.0 Å². The van der Waals surface area contributed by atoms with Crippen LogP contribution in [0.2, 0.25) is 5.02 Å². The van der Waals surface area contributed by atoms with E-state index >= 15 is 0 Å². The molecule has 0 amide bonds. The number of fused-ring (bicyclic) bond motifs is 7. The Balaban J connectivity index is 1.86. The molecule has 228 valence electrons. The van der Waals surface area contributed by atoms with Crippen LogP contribution in [0, 0.1) is 0 Å². The zero-order valence-electron chi connectivity index (χ0n) is 25.4. The van der Waals surface area contributed by atoms with Gasteiger partial charge in [0.15, 0.2) is 34.5 Å². The molecule has 3 heterocycles.